The minimum absolute atomic E-state index is 0.00898. The molecule has 1 aliphatic carbocycles. The van der Waals surface area contributed by atoms with E-state index in [1.165, 1.54) is 12.1 Å². The van der Waals surface area contributed by atoms with Crippen molar-refractivity contribution in [2.45, 2.75) is 4.90 Å². The Balaban J connectivity index is 2.31. The number of hydrogen-bond donors (Lipinski definition) is 4. The molecule has 2 aromatic carbocycles. The SMILES string of the molecule is CNCCNc1cc(S(=O)(=O)O)c(N)c2c1C(=O)c1ccccc1C2=O. The number of carbonyl (C=O) groups excluding carboxylic acids is 2. The quantitative estimate of drug-likeness (QED) is 0.293. The van der Waals surface area contributed by atoms with Crippen molar-refractivity contribution in [3.05, 3.63) is 52.6 Å². The lowest BCUT2D eigenvalue weighted by Gasteiger charge is -2.23. The smallest absolute Gasteiger partial charge is 0.296 e. The molecule has 136 valence electrons. The molecule has 0 radical (unpaired) electrons. The van der Waals surface area contributed by atoms with Crippen LogP contribution in [0.2, 0.25) is 0 Å². The number of ketones is 2. The summed E-state index contributed by atoms with van der Waals surface area (Å²) >= 11 is 0. The molecule has 1 aliphatic rings. The van der Waals surface area contributed by atoms with E-state index < -0.39 is 32.3 Å². The lowest BCUT2D eigenvalue weighted by molar-refractivity contribution is 0.0980. The van der Waals surface area contributed by atoms with E-state index in [9.17, 15) is 22.6 Å². The van der Waals surface area contributed by atoms with Crippen molar-refractivity contribution in [2.75, 3.05) is 31.2 Å². The van der Waals surface area contributed by atoms with Gasteiger partial charge in [-0.2, -0.15) is 8.42 Å². The maximum absolute atomic E-state index is 12.9. The molecule has 0 unspecified atom stereocenters. The van der Waals surface area contributed by atoms with Gasteiger partial charge in [0, 0.05) is 29.9 Å². The van der Waals surface area contributed by atoms with Crippen LogP contribution in [0.25, 0.3) is 0 Å². The molecule has 8 nitrogen and oxygen atoms in total. The Morgan fingerprint density at radius 2 is 1.62 bits per heavy atom. The summed E-state index contributed by atoms with van der Waals surface area (Å²) in [5.74, 6) is -0.995. The van der Waals surface area contributed by atoms with Crippen molar-refractivity contribution >= 4 is 33.1 Å². The van der Waals surface area contributed by atoms with Crippen molar-refractivity contribution in [2.24, 2.45) is 0 Å². The Bertz CT molecular complexity index is 1030. The maximum atomic E-state index is 12.9. The van der Waals surface area contributed by atoms with Crippen LogP contribution in [0.3, 0.4) is 0 Å². The van der Waals surface area contributed by atoms with E-state index in [2.05, 4.69) is 10.6 Å². The third kappa shape index (κ3) is 2.85. The average Bonchev–Trinajstić information content (AvgIpc) is 2.59. The van der Waals surface area contributed by atoms with Gasteiger partial charge >= 0.3 is 0 Å². The molecule has 0 aliphatic heterocycles. The summed E-state index contributed by atoms with van der Waals surface area (Å²) in [4.78, 5) is 25.2. The minimum Gasteiger partial charge on any atom is -0.397 e. The van der Waals surface area contributed by atoms with E-state index in [0.717, 1.165) is 6.07 Å². The largest absolute Gasteiger partial charge is 0.397 e. The minimum atomic E-state index is -4.68. The molecule has 3 rings (SSSR count). The average molecular weight is 375 g/mol. The van der Waals surface area contributed by atoms with Crippen molar-refractivity contribution in [1.29, 1.82) is 0 Å². The number of nitrogens with one attached hydrogen (secondary N) is 2. The molecule has 5 N–H and O–H groups in total. The molecule has 0 atom stereocenters. The highest BCUT2D eigenvalue weighted by Crippen LogP contribution is 2.38. The van der Waals surface area contributed by atoms with Gasteiger partial charge in [0.2, 0.25) is 0 Å². The predicted octanol–water partition coefficient (Wildman–Crippen LogP) is 0.922. The summed E-state index contributed by atoms with van der Waals surface area (Å²) in [6, 6.07) is 7.33. The lowest BCUT2D eigenvalue weighted by Crippen LogP contribution is -2.26. The van der Waals surface area contributed by atoms with Crippen LogP contribution in [0.5, 0.6) is 0 Å². The maximum Gasteiger partial charge on any atom is 0.296 e. The van der Waals surface area contributed by atoms with Crippen LogP contribution in [0.1, 0.15) is 31.8 Å². The normalized spacial score (nSPS) is 13.3. The number of likely N-dealkylation sites (N-methyl/N-ethyl adjacent to an activating group) is 1. The first-order valence-electron chi connectivity index (χ1n) is 7.78. The molecule has 0 amide bonds. The van der Waals surface area contributed by atoms with Crippen LogP contribution in [0, 0.1) is 0 Å². The Kier molecular flexibility index (Phi) is 4.53. The van der Waals surface area contributed by atoms with E-state index >= 15 is 0 Å². The fraction of sp³-hybridized carbons (Fsp3) is 0.176. The third-order valence-corrected chi connectivity index (χ3v) is 5.06. The van der Waals surface area contributed by atoms with Crippen molar-refractivity contribution in [3.63, 3.8) is 0 Å². The van der Waals surface area contributed by atoms with Gasteiger partial charge in [0.05, 0.1) is 16.8 Å². The molecule has 9 heteroatoms. The molecule has 0 saturated carbocycles. The number of nitrogen functional groups attached to an aromatic ring is 1. The topological polar surface area (TPSA) is 139 Å². The van der Waals surface area contributed by atoms with Gasteiger partial charge in [0.15, 0.2) is 11.6 Å². The van der Waals surface area contributed by atoms with Gasteiger partial charge in [0.25, 0.3) is 10.1 Å². The molecule has 0 saturated heterocycles. The van der Waals surface area contributed by atoms with E-state index in [-0.39, 0.29) is 27.9 Å². The molecule has 0 fully saturated rings. The number of rotatable bonds is 5. The van der Waals surface area contributed by atoms with Crippen LogP contribution in [-0.4, -0.2) is 44.7 Å². The van der Waals surface area contributed by atoms with E-state index in [1.807, 2.05) is 0 Å². The van der Waals surface area contributed by atoms with Crippen molar-refractivity contribution in [1.82, 2.24) is 5.32 Å². The lowest BCUT2D eigenvalue weighted by atomic mass is 9.82. The van der Waals surface area contributed by atoms with Gasteiger partial charge in [-0.3, -0.25) is 14.1 Å². The number of anilines is 2. The third-order valence-electron chi connectivity index (χ3n) is 4.17. The zero-order valence-corrected chi connectivity index (χ0v) is 14.7. The second-order valence-electron chi connectivity index (χ2n) is 5.80. The molecule has 26 heavy (non-hydrogen) atoms. The van der Waals surface area contributed by atoms with Crippen LogP contribution >= 0.6 is 0 Å². The first-order valence-corrected chi connectivity index (χ1v) is 9.22. The molecular formula is C17H17N3O5S. The second kappa shape index (κ2) is 6.52. The first kappa shape index (κ1) is 18.1. The molecule has 2 aromatic rings. The summed E-state index contributed by atoms with van der Waals surface area (Å²) in [5, 5.41) is 5.83. The zero-order valence-electron chi connectivity index (χ0n) is 13.9. The van der Waals surface area contributed by atoms with E-state index in [1.54, 1.807) is 19.2 Å². The Hall–Kier alpha value is -2.75. The van der Waals surface area contributed by atoms with Crippen LogP contribution in [0.15, 0.2) is 35.2 Å². The van der Waals surface area contributed by atoms with Gasteiger partial charge in [-0.15, -0.1) is 0 Å². The predicted molar refractivity (Wildman–Crippen MR) is 96.4 cm³/mol. The highest BCUT2D eigenvalue weighted by atomic mass is 32.2. The molecule has 0 heterocycles. The number of hydrogen-bond acceptors (Lipinski definition) is 7. The van der Waals surface area contributed by atoms with Crippen LogP contribution in [-0.2, 0) is 10.1 Å². The Labute approximate surface area is 150 Å². The highest BCUT2D eigenvalue weighted by Gasteiger charge is 2.36. The van der Waals surface area contributed by atoms with Gasteiger partial charge in [0.1, 0.15) is 4.90 Å². The second-order valence-corrected chi connectivity index (χ2v) is 7.19. The summed E-state index contributed by atoms with van der Waals surface area (Å²) < 4.78 is 32.9. The van der Waals surface area contributed by atoms with E-state index in [4.69, 9.17) is 5.73 Å². The van der Waals surface area contributed by atoms with Crippen LogP contribution in [0.4, 0.5) is 11.4 Å². The molecule has 0 aromatic heterocycles. The Morgan fingerprint density at radius 1 is 1.04 bits per heavy atom. The number of benzene rings is 2. The summed E-state index contributed by atoms with van der Waals surface area (Å²) in [6.45, 7) is 0.889. The number of nitrogens with two attached hydrogens (primary N) is 1. The van der Waals surface area contributed by atoms with Gasteiger partial charge in [-0.1, -0.05) is 24.3 Å². The standard InChI is InChI=1S/C17H17N3O5S/c1-19-6-7-20-11-8-12(26(23,24)25)15(18)14-13(11)16(21)9-4-2-3-5-10(9)17(14)22/h2-5,8,19-20H,6-7,18H2,1H3,(H,23,24,25). The Morgan fingerprint density at radius 3 is 2.15 bits per heavy atom. The fourth-order valence-corrected chi connectivity index (χ4v) is 3.62. The summed E-state index contributed by atoms with van der Waals surface area (Å²) in [6.07, 6.45) is 0. The van der Waals surface area contributed by atoms with Gasteiger partial charge in [-0.25, -0.2) is 0 Å². The zero-order chi connectivity index (χ0) is 19.1. The fourth-order valence-electron chi connectivity index (χ4n) is 2.97. The highest BCUT2D eigenvalue weighted by molar-refractivity contribution is 7.86. The van der Waals surface area contributed by atoms with Gasteiger partial charge in [-0.05, 0) is 13.1 Å². The van der Waals surface area contributed by atoms with E-state index in [0.29, 0.717) is 13.1 Å². The number of carbonyl (C=O) groups is 2. The van der Waals surface area contributed by atoms with Crippen LogP contribution < -0.4 is 16.4 Å². The van der Waals surface area contributed by atoms with Gasteiger partial charge < -0.3 is 16.4 Å². The molecule has 0 spiro atoms. The van der Waals surface area contributed by atoms with Crippen molar-refractivity contribution < 1.29 is 22.6 Å². The molecule has 0 bridgehead atoms. The first-order chi connectivity index (χ1) is 12.3. The summed E-state index contributed by atoms with van der Waals surface area (Å²) in [5.41, 5.74) is 5.73. The molecular weight excluding hydrogens is 358 g/mol. The van der Waals surface area contributed by atoms with Crippen molar-refractivity contribution in [3.8, 4) is 0 Å². The number of fused-ring (bicyclic) bond motifs is 2. The summed E-state index contributed by atoms with van der Waals surface area (Å²) in [7, 11) is -2.95. The monoisotopic (exact) mass is 375 g/mol.